The van der Waals surface area contributed by atoms with Gasteiger partial charge in [-0.05, 0) is 44.2 Å². The maximum Gasteiger partial charge on any atom is 0.340 e. The van der Waals surface area contributed by atoms with Crippen molar-refractivity contribution >= 4 is 29.3 Å². The Bertz CT molecular complexity index is 1020. The molecule has 1 amide bonds. The maximum absolute atomic E-state index is 13.2. The van der Waals surface area contributed by atoms with Gasteiger partial charge in [0.15, 0.2) is 6.10 Å². The fraction of sp³-hybridized carbons (Fsp3) is 0.190. The first-order valence-corrected chi connectivity index (χ1v) is 9.82. The summed E-state index contributed by atoms with van der Waals surface area (Å²) < 4.78 is 23.6. The molecule has 3 aromatic rings. The van der Waals surface area contributed by atoms with Crippen molar-refractivity contribution in [1.82, 2.24) is 5.16 Å². The molecular formula is C21H19FN2O4S. The van der Waals surface area contributed by atoms with Gasteiger partial charge in [0.05, 0.1) is 11.3 Å². The van der Waals surface area contributed by atoms with Gasteiger partial charge >= 0.3 is 5.97 Å². The molecular weight excluding hydrogens is 395 g/mol. The topological polar surface area (TPSA) is 81.4 Å². The first-order chi connectivity index (χ1) is 13.9. The van der Waals surface area contributed by atoms with Gasteiger partial charge < -0.3 is 14.6 Å². The highest BCUT2D eigenvalue weighted by Gasteiger charge is 2.21. The van der Waals surface area contributed by atoms with Crippen LogP contribution in [0.15, 0.2) is 64.0 Å². The summed E-state index contributed by atoms with van der Waals surface area (Å²) in [6, 6.07) is 14.3. The molecule has 0 saturated carbocycles. The largest absolute Gasteiger partial charge is 0.449 e. The smallest absolute Gasteiger partial charge is 0.340 e. The summed E-state index contributed by atoms with van der Waals surface area (Å²) in [6.07, 6.45) is -1.05. The monoisotopic (exact) mass is 414 g/mol. The molecule has 0 aliphatic rings. The Hall–Kier alpha value is -3.13. The van der Waals surface area contributed by atoms with E-state index in [0.29, 0.717) is 22.0 Å². The SMILES string of the molecule is Cc1cc(CSc2ccccc2C(=O)O[C@H](C)C(=O)Nc2cccc(F)c2)no1. The molecule has 29 heavy (non-hydrogen) atoms. The van der Waals surface area contributed by atoms with Crippen LogP contribution in [0.4, 0.5) is 10.1 Å². The van der Waals surface area contributed by atoms with Gasteiger partial charge in [-0.1, -0.05) is 23.4 Å². The Balaban J connectivity index is 1.63. The van der Waals surface area contributed by atoms with Gasteiger partial charge in [0.1, 0.15) is 11.6 Å². The van der Waals surface area contributed by atoms with Gasteiger partial charge in [0.2, 0.25) is 0 Å². The number of anilines is 1. The van der Waals surface area contributed by atoms with E-state index in [1.807, 2.05) is 19.1 Å². The number of amides is 1. The van der Waals surface area contributed by atoms with Crippen LogP contribution >= 0.6 is 11.8 Å². The van der Waals surface area contributed by atoms with E-state index in [0.717, 1.165) is 5.69 Å². The lowest BCUT2D eigenvalue weighted by molar-refractivity contribution is -0.123. The van der Waals surface area contributed by atoms with Gasteiger partial charge in [-0.15, -0.1) is 11.8 Å². The lowest BCUT2D eigenvalue weighted by Gasteiger charge is -2.15. The van der Waals surface area contributed by atoms with E-state index in [-0.39, 0.29) is 5.69 Å². The number of carbonyl (C=O) groups excluding carboxylic acids is 2. The first kappa shape index (κ1) is 20.6. The van der Waals surface area contributed by atoms with Crippen LogP contribution in [0.2, 0.25) is 0 Å². The van der Waals surface area contributed by atoms with Crippen molar-refractivity contribution in [3.63, 3.8) is 0 Å². The predicted molar refractivity (Wildman–Crippen MR) is 107 cm³/mol. The normalized spacial score (nSPS) is 11.7. The van der Waals surface area contributed by atoms with Crippen LogP contribution in [0.25, 0.3) is 0 Å². The maximum atomic E-state index is 13.2. The summed E-state index contributed by atoms with van der Waals surface area (Å²) in [5.74, 6) is -0.400. The second-order valence-corrected chi connectivity index (χ2v) is 7.28. The minimum absolute atomic E-state index is 0.289. The molecule has 1 N–H and O–H groups in total. The fourth-order valence-corrected chi connectivity index (χ4v) is 3.41. The fourth-order valence-electron chi connectivity index (χ4n) is 2.49. The second kappa shape index (κ2) is 9.38. The van der Waals surface area contributed by atoms with Crippen LogP contribution in [0.3, 0.4) is 0 Å². The third kappa shape index (κ3) is 5.68. The molecule has 6 nitrogen and oxygen atoms in total. The van der Waals surface area contributed by atoms with Crippen LogP contribution in [0, 0.1) is 12.7 Å². The lowest BCUT2D eigenvalue weighted by Crippen LogP contribution is -2.30. The number of nitrogens with one attached hydrogen (secondary N) is 1. The summed E-state index contributed by atoms with van der Waals surface area (Å²) in [4.78, 5) is 25.6. The predicted octanol–water partition coefficient (Wildman–Crippen LogP) is 4.60. The Morgan fingerprint density at radius 2 is 2.00 bits per heavy atom. The third-order valence-electron chi connectivity index (χ3n) is 3.90. The van der Waals surface area contributed by atoms with Crippen LogP contribution in [-0.2, 0) is 15.3 Å². The zero-order valence-corrected chi connectivity index (χ0v) is 16.7. The summed E-state index contributed by atoms with van der Waals surface area (Å²) in [5.41, 5.74) is 1.40. The van der Waals surface area contributed by atoms with Gasteiger partial charge in [-0.2, -0.15) is 0 Å². The number of rotatable bonds is 7. The number of hydrogen-bond acceptors (Lipinski definition) is 6. The van der Waals surface area contributed by atoms with Crippen LogP contribution in [-0.4, -0.2) is 23.1 Å². The van der Waals surface area contributed by atoms with Crippen molar-refractivity contribution in [1.29, 1.82) is 0 Å². The van der Waals surface area contributed by atoms with Crippen LogP contribution in [0.1, 0.15) is 28.7 Å². The molecule has 150 valence electrons. The van der Waals surface area contributed by atoms with Gasteiger partial charge in [0, 0.05) is 22.4 Å². The molecule has 1 atom stereocenters. The Kier molecular flexibility index (Phi) is 6.66. The highest BCUT2D eigenvalue weighted by Crippen LogP contribution is 2.27. The number of aromatic nitrogens is 1. The molecule has 0 aliphatic heterocycles. The average molecular weight is 414 g/mol. The number of nitrogens with zero attached hydrogens (tertiary/aromatic N) is 1. The van der Waals surface area contributed by atoms with Gasteiger partial charge in [-0.25, -0.2) is 9.18 Å². The van der Waals surface area contributed by atoms with E-state index in [1.165, 1.54) is 36.9 Å². The summed E-state index contributed by atoms with van der Waals surface area (Å²) in [5, 5.41) is 6.45. The quantitative estimate of drug-likeness (QED) is 0.450. The molecule has 3 rings (SSSR count). The van der Waals surface area contributed by atoms with Crippen molar-refractivity contribution in [2.24, 2.45) is 0 Å². The van der Waals surface area contributed by atoms with Crippen molar-refractivity contribution in [3.05, 3.63) is 77.4 Å². The van der Waals surface area contributed by atoms with Crippen molar-refractivity contribution in [3.8, 4) is 0 Å². The molecule has 8 heteroatoms. The summed E-state index contributed by atoms with van der Waals surface area (Å²) in [7, 11) is 0. The summed E-state index contributed by atoms with van der Waals surface area (Å²) >= 11 is 1.42. The number of benzene rings is 2. The summed E-state index contributed by atoms with van der Waals surface area (Å²) in [6.45, 7) is 3.27. The number of esters is 1. The van der Waals surface area contributed by atoms with E-state index in [1.54, 1.807) is 24.3 Å². The van der Waals surface area contributed by atoms with E-state index in [4.69, 9.17) is 9.26 Å². The molecule has 0 radical (unpaired) electrons. The minimum atomic E-state index is -1.05. The number of hydrogen-bond donors (Lipinski definition) is 1. The first-order valence-electron chi connectivity index (χ1n) is 8.84. The standard InChI is InChI=1S/C21H19FN2O4S/c1-13-10-17(24-28-13)12-29-19-9-4-3-8-18(19)21(26)27-14(2)20(25)23-16-7-5-6-15(22)11-16/h3-11,14H,12H2,1-2H3,(H,23,25)/t14-/m1/s1. The zero-order valence-electron chi connectivity index (χ0n) is 15.8. The molecule has 0 spiro atoms. The van der Waals surface area contributed by atoms with Crippen LogP contribution < -0.4 is 5.32 Å². The molecule has 1 aromatic heterocycles. The molecule has 2 aromatic carbocycles. The second-order valence-electron chi connectivity index (χ2n) is 6.26. The Morgan fingerprint density at radius 3 is 2.72 bits per heavy atom. The van der Waals surface area contributed by atoms with Gasteiger partial charge in [-0.3, -0.25) is 4.79 Å². The number of carbonyl (C=O) groups is 2. The van der Waals surface area contributed by atoms with E-state index < -0.39 is 23.8 Å². The third-order valence-corrected chi connectivity index (χ3v) is 5.01. The molecule has 0 saturated heterocycles. The Labute approximate surface area is 171 Å². The van der Waals surface area contributed by atoms with Crippen molar-refractivity contribution in [2.45, 2.75) is 30.6 Å². The zero-order chi connectivity index (χ0) is 20.8. The molecule has 1 heterocycles. The lowest BCUT2D eigenvalue weighted by atomic mass is 10.2. The number of aryl methyl sites for hydroxylation is 1. The van der Waals surface area contributed by atoms with E-state index in [9.17, 15) is 14.0 Å². The highest BCUT2D eigenvalue weighted by molar-refractivity contribution is 7.98. The van der Waals surface area contributed by atoms with E-state index >= 15 is 0 Å². The minimum Gasteiger partial charge on any atom is -0.449 e. The van der Waals surface area contributed by atoms with Crippen molar-refractivity contribution < 1.29 is 23.2 Å². The van der Waals surface area contributed by atoms with E-state index in [2.05, 4.69) is 10.5 Å². The average Bonchev–Trinajstić information content (AvgIpc) is 3.11. The highest BCUT2D eigenvalue weighted by atomic mass is 32.2. The van der Waals surface area contributed by atoms with Gasteiger partial charge in [0.25, 0.3) is 5.91 Å². The van der Waals surface area contributed by atoms with Crippen LogP contribution in [0.5, 0.6) is 0 Å². The Morgan fingerprint density at radius 1 is 1.21 bits per heavy atom. The molecule has 0 bridgehead atoms. The molecule has 0 unspecified atom stereocenters. The number of ether oxygens (including phenoxy) is 1. The molecule has 0 fully saturated rings. The number of halogens is 1. The molecule has 0 aliphatic carbocycles. The number of thioether (sulfide) groups is 1. The van der Waals surface area contributed by atoms with Crippen molar-refractivity contribution in [2.75, 3.05) is 5.32 Å².